The molecule has 6 nitrogen and oxygen atoms in total. The lowest BCUT2D eigenvalue weighted by Crippen LogP contribution is -2.31. The second-order valence-electron chi connectivity index (χ2n) is 5.08. The number of hydrogen-bond donors (Lipinski definition) is 2. The molecule has 3 unspecified atom stereocenters. The number of amides is 1. The Balaban J connectivity index is 1.97. The van der Waals surface area contributed by atoms with E-state index in [4.69, 9.17) is 14.3 Å². The number of aliphatic carboxylic acids is 1. The number of hydrogen-bond acceptors (Lipinski definition) is 4. The molecule has 0 radical (unpaired) electrons. The average Bonchev–Trinajstić information content (AvgIpc) is 3.11. The molecule has 1 aromatic heterocycles. The van der Waals surface area contributed by atoms with Crippen LogP contribution in [0, 0.1) is 18.8 Å². The lowest BCUT2D eigenvalue weighted by atomic mass is 10.1. The zero-order valence-corrected chi connectivity index (χ0v) is 11.6. The van der Waals surface area contributed by atoms with Gasteiger partial charge in [0.15, 0.2) is 0 Å². The zero-order chi connectivity index (χ0) is 14.7. The van der Waals surface area contributed by atoms with Crippen LogP contribution < -0.4 is 5.32 Å². The lowest BCUT2D eigenvalue weighted by molar-refractivity contribution is -0.140. The minimum Gasteiger partial charge on any atom is -0.481 e. The SMILES string of the molecule is COCCC(NC(=O)C1CC1C(=O)O)c1ccc(C)o1. The molecule has 1 aliphatic rings. The Kier molecular flexibility index (Phi) is 4.44. The monoisotopic (exact) mass is 281 g/mol. The van der Waals surface area contributed by atoms with Gasteiger partial charge in [0.25, 0.3) is 0 Å². The van der Waals surface area contributed by atoms with Crippen molar-refractivity contribution < 1.29 is 23.8 Å². The smallest absolute Gasteiger partial charge is 0.307 e. The van der Waals surface area contributed by atoms with Crippen molar-refractivity contribution in [3.8, 4) is 0 Å². The Morgan fingerprint density at radius 1 is 1.50 bits per heavy atom. The van der Waals surface area contributed by atoms with Crippen molar-refractivity contribution in [2.45, 2.75) is 25.8 Å². The van der Waals surface area contributed by atoms with Crippen LogP contribution in [-0.4, -0.2) is 30.7 Å². The van der Waals surface area contributed by atoms with E-state index in [2.05, 4.69) is 5.32 Å². The third-order valence-corrected chi connectivity index (χ3v) is 3.48. The molecule has 1 fully saturated rings. The Morgan fingerprint density at radius 3 is 2.75 bits per heavy atom. The van der Waals surface area contributed by atoms with Crippen LogP contribution in [0.15, 0.2) is 16.5 Å². The second-order valence-corrected chi connectivity index (χ2v) is 5.08. The molecule has 1 aliphatic carbocycles. The first-order valence-corrected chi connectivity index (χ1v) is 6.61. The molecule has 0 aliphatic heterocycles. The lowest BCUT2D eigenvalue weighted by Gasteiger charge is -2.16. The van der Waals surface area contributed by atoms with E-state index in [9.17, 15) is 9.59 Å². The summed E-state index contributed by atoms with van der Waals surface area (Å²) in [5, 5.41) is 11.7. The van der Waals surface area contributed by atoms with Crippen molar-refractivity contribution in [1.82, 2.24) is 5.32 Å². The first-order chi connectivity index (χ1) is 9.52. The first kappa shape index (κ1) is 14.6. The maximum absolute atomic E-state index is 12.0. The molecular weight excluding hydrogens is 262 g/mol. The number of carboxylic acids is 1. The van der Waals surface area contributed by atoms with E-state index in [0.717, 1.165) is 5.76 Å². The molecule has 0 saturated heterocycles. The number of ether oxygens (including phenoxy) is 1. The van der Waals surface area contributed by atoms with Crippen LogP contribution in [0.3, 0.4) is 0 Å². The van der Waals surface area contributed by atoms with Gasteiger partial charge in [0, 0.05) is 13.7 Å². The highest BCUT2D eigenvalue weighted by Crippen LogP contribution is 2.39. The van der Waals surface area contributed by atoms with Crippen molar-refractivity contribution >= 4 is 11.9 Å². The van der Waals surface area contributed by atoms with Gasteiger partial charge >= 0.3 is 5.97 Å². The van der Waals surface area contributed by atoms with Gasteiger partial charge in [0.05, 0.1) is 17.9 Å². The summed E-state index contributed by atoms with van der Waals surface area (Å²) in [6, 6.07) is 3.36. The molecule has 1 saturated carbocycles. The summed E-state index contributed by atoms with van der Waals surface area (Å²) in [4.78, 5) is 22.8. The van der Waals surface area contributed by atoms with Gasteiger partial charge in [-0.2, -0.15) is 0 Å². The fraction of sp³-hybridized carbons (Fsp3) is 0.571. The molecular formula is C14H19NO5. The van der Waals surface area contributed by atoms with Crippen molar-refractivity contribution in [3.05, 3.63) is 23.7 Å². The summed E-state index contributed by atoms with van der Waals surface area (Å²) in [5.41, 5.74) is 0. The van der Waals surface area contributed by atoms with Crippen LogP contribution >= 0.6 is 0 Å². The highest BCUT2D eigenvalue weighted by atomic mass is 16.5. The van der Waals surface area contributed by atoms with Crippen molar-refractivity contribution in [2.24, 2.45) is 11.8 Å². The van der Waals surface area contributed by atoms with Gasteiger partial charge < -0.3 is 19.6 Å². The fourth-order valence-corrected chi connectivity index (χ4v) is 2.20. The standard InChI is InChI=1S/C14H19NO5/c1-8-3-4-12(20-8)11(5-6-19-2)15-13(16)9-7-10(9)14(17)18/h3-4,9-11H,5-7H2,1-2H3,(H,15,16)(H,17,18). The molecule has 1 heterocycles. The Labute approximate surface area is 117 Å². The predicted octanol–water partition coefficient (Wildman–Crippen LogP) is 1.50. The minimum absolute atomic E-state index is 0.229. The quantitative estimate of drug-likeness (QED) is 0.790. The van der Waals surface area contributed by atoms with E-state index >= 15 is 0 Å². The number of carbonyl (C=O) groups excluding carboxylic acids is 1. The number of carboxylic acid groups (broad SMARTS) is 1. The summed E-state index contributed by atoms with van der Waals surface area (Å²) >= 11 is 0. The molecule has 0 bridgehead atoms. The summed E-state index contributed by atoms with van der Waals surface area (Å²) < 4.78 is 10.6. The molecule has 6 heteroatoms. The molecule has 20 heavy (non-hydrogen) atoms. The van der Waals surface area contributed by atoms with Gasteiger partial charge in [-0.3, -0.25) is 9.59 Å². The summed E-state index contributed by atoms with van der Waals surface area (Å²) in [6.07, 6.45) is 0.995. The number of furan rings is 1. The van der Waals surface area contributed by atoms with Gasteiger partial charge in [-0.1, -0.05) is 0 Å². The van der Waals surface area contributed by atoms with Crippen molar-refractivity contribution in [2.75, 3.05) is 13.7 Å². The topological polar surface area (TPSA) is 88.8 Å². The average molecular weight is 281 g/mol. The Bertz CT molecular complexity index is 496. The fourth-order valence-electron chi connectivity index (χ4n) is 2.20. The van der Waals surface area contributed by atoms with E-state index in [0.29, 0.717) is 25.2 Å². The summed E-state index contributed by atoms with van der Waals surface area (Å²) in [6.45, 7) is 2.32. The number of nitrogens with one attached hydrogen (secondary N) is 1. The molecule has 2 rings (SSSR count). The van der Waals surface area contributed by atoms with Crippen molar-refractivity contribution in [3.63, 3.8) is 0 Å². The number of aryl methyl sites for hydroxylation is 1. The van der Waals surface area contributed by atoms with Gasteiger partial charge in [-0.15, -0.1) is 0 Å². The van der Waals surface area contributed by atoms with Crippen molar-refractivity contribution in [1.29, 1.82) is 0 Å². The highest BCUT2D eigenvalue weighted by Gasteiger charge is 2.48. The number of carbonyl (C=O) groups is 2. The van der Waals surface area contributed by atoms with E-state index in [1.54, 1.807) is 7.11 Å². The normalized spacial score (nSPS) is 22.3. The van der Waals surface area contributed by atoms with Crippen LogP contribution in [0.4, 0.5) is 0 Å². The third-order valence-electron chi connectivity index (χ3n) is 3.48. The highest BCUT2D eigenvalue weighted by molar-refractivity contribution is 5.89. The Morgan fingerprint density at radius 2 is 2.25 bits per heavy atom. The van der Waals surface area contributed by atoms with Crippen LogP contribution in [0.1, 0.15) is 30.4 Å². The number of methoxy groups -OCH3 is 1. The third kappa shape index (κ3) is 3.39. The molecule has 1 amide bonds. The van der Waals surface area contributed by atoms with E-state index < -0.39 is 17.8 Å². The molecule has 1 aromatic rings. The maximum Gasteiger partial charge on any atom is 0.307 e. The van der Waals surface area contributed by atoms with Crippen LogP contribution in [0.25, 0.3) is 0 Å². The molecule has 110 valence electrons. The second kappa shape index (κ2) is 6.09. The Hall–Kier alpha value is -1.82. The molecule has 0 aromatic carbocycles. The largest absolute Gasteiger partial charge is 0.481 e. The van der Waals surface area contributed by atoms with Gasteiger partial charge in [0.2, 0.25) is 5.91 Å². The molecule has 2 N–H and O–H groups in total. The zero-order valence-electron chi connectivity index (χ0n) is 11.6. The minimum atomic E-state index is -0.910. The van der Waals surface area contributed by atoms with Gasteiger partial charge in [-0.05, 0) is 31.9 Å². The van der Waals surface area contributed by atoms with Crippen LogP contribution in [-0.2, 0) is 14.3 Å². The molecule has 3 atom stereocenters. The van der Waals surface area contributed by atoms with Crippen LogP contribution in [0.5, 0.6) is 0 Å². The van der Waals surface area contributed by atoms with E-state index in [1.807, 2.05) is 19.1 Å². The summed E-state index contributed by atoms with van der Waals surface area (Å²) in [7, 11) is 1.59. The number of rotatable bonds is 7. The first-order valence-electron chi connectivity index (χ1n) is 6.61. The summed E-state index contributed by atoms with van der Waals surface area (Å²) in [5.74, 6) is -0.670. The van der Waals surface area contributed by atoms with Crippen LogP contribution in [0.2, 0.25) is 0 Å². The predicted molar refractivity (Wildman–Crippen MR) is 70.1 cm³/mol. The van der Waals surface area contributed by atoms with E-state index in [1.165, 1.54) is 0 Å². The van der Waals surface area contributed by atoms with E-state index in [-0.39, 0.29) is 11.9 Å². The van der Waals surface area contributed by atoms with Gasteiger partial charge in [0.1, 0.15) is 11.5 Å². The van der Waals surface area contributed by atoms with Gasteiger partial charge in [-0.25, -0.2) is 0 Å². The molecule has 0 spiro atoms. The maximum atomic E-state index is 12.0.